The summed E-state index contributed by atoms with van der Waals surface area (Å²) >= 11 is 11.8. The number of aromatic nitrogens is 1. The van der Waals surface area contributed by atoms with Crippen molar-refractivity contribution in [1.82, 2.24) is 9.29 Å². The Kier molecular flexibility index (Phi) is 5.22. The number of aliphatic hydroxyl groups excluding tert-OH is 1. The van der Waals surface area contributed by atoms with Crippen LogP contribution in [0.5, 0.6) is 5.75 Å². The fourth-order valence-corrected chi connectivity index (χ4v) is 5.02. The molecule has 25 heavy (non-hydrogen) atoms. The average Bonchev–Trinajstić information content (AvgIpc) is 2.54. The number of pyridine rings is 1. The number of ether oxygens (including phenoxy) is 1. The van der Waals surface area contributed by atoms with Crippen LogP contribution in [0.25, 0.3) is 0 Å². The predicted octanol–water partition coefficient (Wildman–Crippen LogP) is 2.45. The van der Waals surface area contributed by atoms with E-state index in [-0.39, 0.29) is 36.2 Å². The quantitative estimate of drug-likeness (QED) is 0.802. The van der Waals surface area contributed by atoms with E-state index in [2.05, 4.69) is 4.98 Å². The largest absolute Gasteiger partial charge is 0.493 e. The molecule has 1 aromatic carbocycles. The Bertz CT molecular complexity index is 856. The molecule has 0 amide bonds. The molecule has 3 rings (SSSR count). The van der Waals surface area contributed by atoms with Gasteiger partial charge in [-0.1, -0.05) is 23.2 Å². The molecule has 0 bridgehead atoms. The summed E-state index contributed by atoms with van der Waals surface area (Å²) in [6, 6.07) is 7.65. The van der Waals surface area contributed by atoms with Crippen molar-refractivity contribution in [1.29, 1.82) is 0 Å². The van der Waals surface area contributed by atoms with Crippen molar-refractivity contribution in [3.05, 3.63) is 52.8 Å². The number of benzene rings is 1. The molecule has 6 nitrogen and oxygen atoms in total. The number of nitrogens with zero attached hydrogens (tertiary/aromatic N) is 2. The smallest absolute Gasteiger partial charge is 0.244 e. The molecule has 0 saturated carbocycles. The summed E-state index contributed by atoms with van der Waals surface area (Å²) in [6.45, 7) is 0.318. The fourth-order valence-electron chi connectivity index (χ4n) is 2.60. The summed E-state index contributed by atoms with van der Waals surface area (Å²) in [5, 5.41) is 10.1. The Morgan fingerprint density at radius 3 is 2.48 bits per heavy atom. The second kappa shape index (κ2) is 7.09. The third-order valence-electron chi connectivity index (χ3n) is 4.07. The monoisotopic (exact) mass is 402 g/mol. The molecular weight excluding hydrogens is 387 g/mol. The first kappa shape index (κ1) is 18.4. The molecule has 1 fully saturated rings. The maximum atomic E-state index is 12.7. The van der Waals surface area contributed by atoms with Gasteiger partial charge in [0.05, 0.1) is 23.7 Å². The zero-order valence-electron chi connectivity index (χ0n) is 13.1. The summed E-state index contributed by atoms with van der Waals surface area (Å²) < 4.78 is 32.3. The Morgan fingerprint density at radius 2 is 1.88 bits per heavy atom. The molecule has 0 spiro atoms. The van der Waals surface area contributed by atoms with Gasteiger partial charge in [0.25, 0.3) is 0 Å². The van der Waals surface area contributed by atoms with Crippen LogP contribution in [0.3, 0.4) is 0 Å². The van der Waals surface area contributed by atoms with Crippen LogP contribution in [0.4, 0.5) is 0 Å². The molecule has 2 aromatic rings. The first-order chi connectivity index (χ1) is 11.9. The van der Waals surface area contributed by atoms with Gasteiger partial charge in [0.2, 0.25) is 10.0 Å². The number of hydrogen-bond acceptors (Lipinski definition) is 5. The zero-order chi connectivity index (χ0) is 18.1. The van der Waals surface area contributed by atoms with Crippen molar-refractivity contribution in [3.63, 3.8) is 0 Å². The minimum atomic E-state index is -3.75. The molecule has 0 atom stereocenters. The van der Waals surface area contributed by atoms with Gasteiger partial charge in [-0.3, -0.25) is 4.98 Å². The van der Waals surface area contributed by atoms with Crippen LogP contribution in [-0.4, -0.2) is 49.1 Å². The molecule has 134 valence electrons. The first-order valence-electron chi connectivity index (χ1n) is 7.45. The van der Waals surface area contributed by atoms with Gasteiger partial charge in [0.1, 0.15) is 10.6 Å². The Balaban J connectivity index is 1.70. The van der Waals surface area contributed by atoms with Crippen LogP contribution in [0.15, 0.2) is 47.6 Å². The highest BCUT2D eigenvalue weighted by Crippen LogP contribution is 2.37. The van der Waals surface area contributed by atoms with Gasteiger partial charge < -0.3 is 9.84 Å². The molecule has 1 aliphatic rings. The minimum Gasteiger partial charge on any atom is -0.493 e. The van der Waals surface area contributed by atoms with E-state index < -0.39 is 15.4 Å². The van der Waals surface area contributed by atoms with Gasteiger partial charge in [-0.2, -0.15) is 4.31 Å². The van der Waals surface area contributed by atoms with Gasteiger partial charge in [-0.15, -0.1) is 0 Å². The summed E-state index contributed by atoms with van der Waals surface area (Å²) in [4.78, 5) is 3.90. The summed E-state index contributed by atoms with van der Waals surface area (Å²) in [6.07, 6.45) is 3.20. The summed E-state index contributed by atoms with van der Waals surface area (Å²) in [7, 11) is -3.75. The minimum absolute atomic E-state index is 0.000147. The Hall–Kier alpha value is -1.38. The van der Waals surface area contributed by atoms with E-state index in [4.69, 9.17) is 27.9 Å². The van der Waals surface area contributed by atoms with Gasteiger partial charge >= 0.3 is 0 Å². The summed E-state index contributed by atoms with van der Waals surface area (Å²) in [5.41, 5.74) is -0.644. The average molecular weight is 403 g/mol. The molecule has 9 heteroatoms. The van der Waals surface area contributed by atoms with E-state index in [1.54, 1.807) is 24.5 Å². The number of hydrogen-bond donors (Lipinski definition) is 1. The van der Waals surface area contributed by atoms with Gasteiger partial charge in [0, 0.05) is 30.5 Å². The fraction of sp³-hybridized carbons (Fsp3) is 0.312. The van der Waals surface area contributed by atoms with Crippen LogP contribution < -0.4 is 4.74 Å². The lowest BCUT2D eigenvalue weighted by Crippen LogP contribution is -2.62. The molecule has 0 aliphatic carbocycles. The zero-order valence-corrected chi connectivity index (χ0v) is 15.4. The lowest BCUT2D eigenvalue weighted by molar-refractivity contribution is -0.0272. The molecule has 1 N–H and O–H groups in total. The maximum absolute atomic E-state index is 12.7. The summed E-state index contributed by atoms with van der Waals surface area (Å²) in [5.74, 6) is 0.616. The third-order valence-corrected chi connectivity index (χ3v) is 6.58. The lowest BCUT2D eigenvalue weighted by Gasteiger charge is -2.47. The van der Waals surface area contributed by atoms with Gasteiger partial charge in [-0.05, 0) is 30.3 Å². The van der Waals surface area contributed by atoms with Crippen LogP contribution in [0.2, 0.25) is 10.0 Å². The van der Waals surface area contributed by atoms with Crippen LogP contribution in [0, 0.1) is 5.41 Å². The molecular formula is C16H16Cl2N2O4S. The second-order valence-corrected chi connectivity index (χ2v) is 8.73. The molecule has 1 saturated heterocycles. The van der Waals surface area contributed by atoms with E-state index >= 15 is 0 Å². The normalized spacial score (nSPS) is 17.1. The van der Waals surface area contributed by atoms with E-state index in [1.165, 1.54) is 22.5 Å². The molecule has 0 radical (unpaired) electrons. The number of aliphatic hydroxyl groups is 1. The first-order valence-corrected chi connectivity index (χ1v) is 9.65. The highest BCUT2D eigenvalue weighted by Gasteiger charge is 2.49. The van der Waals surface area contributed by atoms with E-state index in [9.17, 15) is 13.5 Å². The molecule has 1 aromatic heterocycles. The van der Waals surface area contributed by atoms with Crippen molar-refractivity contribution in [2.24, 2.45) is 5.41 Å². The SMILES string of the molecule is O=S(=O)(c1ccc(Cl)cc1Cl)N1CC(CO)(COc2ccncc2)C1. The van der Waals surface area contributed by atoms with E-state index in [1.807, 2.05) is 0 Å². The molecule has 0 unspecified atom stereocenters. The van der Waals surface area contributed by atoms with Crippen LogP contribution in [0.1, 0.15) is 0 Å². The predicted molar refractivity (Wildman–Crippen MR) is 94.5 cm³/mol. The third kappa shape index (κ3) is 3.75. The number of halogens is 2. The van der Waals surface area contributed by atoms with Crippen molar-refractivity contribution in [2.45, 2.75) is 4.90 Å². The number of sulfonamides is 1. The highest BCUT2D eigenvalue weighted by molar-refractivity contribution is 7.89. The lowest BCUT2D eigenvalue weighted by atomic mass is 9.83. The number of rotatable bonds is 6. The maximum Gasteiger partial charge on any atom is 0.244 e. The van der Waals surface area contributed by atoms with E-state index in [0.717, 1.165) is 0 Å². The van der Waals surface area contributed by atoms with Crippen molar-refractivity contribution >= 4 is 33.2 Å². The second-order valence-electron chi connectivity index (χ2n) is 5.98. The Morgan fingerprint density at radius 1 is 1.20 bits per heavy atom. The van der Waals surface area contributed by atoms with Gasteiger partial charge in [0.15, 0.2) is 0 Å². The highest BCUT2D eigenvalue weighted by atomic mass is 35.5. The van der Waals surface area contributed by atoms with Crippen LogP contribution in [-0.2, 0) is 10.0 Å². The van der Waals surface area contributed by atoms with E-state index in [0.29, 0.717) is 10.8 Å². The van der Waals surface area contributed by atoms with Crippen molar-refractivity contribution in [2.75, 3.05) is 26.3 Å². The molecule has 2 heterocycles. The molecule has 1 aliphatic heterocycles. The van der Waals surface area contributed by atoms with Crippen molar-refractivity contribution < 1.29 is 18.3 Å². The van der Waals surface area contributed by atoms with Gasteiger partial charge in [-0.25, -0.2) is 8.42 Å². The standard InChI is InChI=1S/C16H16Cl2N2O4S/c17-12-1-2-15(14(18)7-12)25(22,23)20-8-16(9-20,10-21)11-24-13-3-5-19-6-4-13/h1-7,21H,8-11H2. The van der Waals surface area contributed by atoms with Crippen molar-refractivity contribution in [3.8, 4) is 5.75 Å². The van der Waals surface area contributed by atoms with Crippen LogP contribution >= 0.6 is 23.2 Å². The Labute approximate surface area is 156 Å². The topological polar surface area (TPSA) is 79.7 Å².